The lowest BCUT2D eigenvalue weighted by Gasteiger charge is -2.45. The van der Waals surface area contributed by atoms with Gasteiger partial charge < -0.3 is 29.0 Å². The van der Waals surface area contributed by atoms with E-state index in [4.69, 9.17) is 23.9 Å². The number of hydrogen-bond donors (Lipinski definition) is 1. The molecule has 0 saturated carbocycles. The third kappa shape index (κ3) is 7.08. The molecule has 2 aliphatic rings. The van der Waals surface area contributed by atoms with Gasteiger partial charge in [-0.2, -0.15) is 0 Å². The Morgan fingerprint density at radius 2 is 1.31 bits per heavy atom. The van der Waals surface area contributed by atoms with Crippen molar-refractivity contribution in [2.75, 3.05) is 20.7 Å². The predicted molar refractivity (Wildman–Crippen MR) is 153 cm³/mol. The summed E-state index contributed by atoms with van der Waals surface area (Å²) in [5.74, 6) is 0. The molecule has 0 spiro atoms. The van der Waals surface area contributed by atoms with Crippen LogP contribution in [-0.4, -0.2) is 71.8 Å². The van der Waals surface area contributed by atoms with Crippen LogP contribution in [0.4, 0.5) is 0 Å². The van der Waals surface area contributed by atoms with Crippen molar-refractivity contribution in [3.05, 3.63) is 108 Å². The molecule has 6 atom stereocenters. The molecule has 0 unspecified atom stereocenters. The van der Waals surface area contributed by atoms with Crippen molar-refractivity contribution in [3.8, 4) is 0 Å². The number of benzene rings is 3. The van der Waals surface area contributed by atoms with Crippen LogP contribution in [0.1, 0.15) is 16.7 Å². The number of amidine groups is 1. The number of nitrogens with zero attached hydrogens (tertiary/aromatic N) is 2. The van der Waals surface area contributed by atoms with Crippen molar-refractivity contribution in [2.45, 2.75) is 55.7 Å². The zero-order chi connectivity index (χ0) is 27.0. The van der Waals surface area contributed by atoms with Crippen molar-refractivity contribution in [1.29, 1.82) is 0 Å². The van der Waals surface area contributed by atoms with Gasteiger partial charge in [0.2, 0.25) is 0 Å². The normalized spacial score (nSPS) is 25.1. The Morgan fingerprint density at radius 3 is 1.82 bits per heavy atom. The molecule has 0 aliphatic carbocycles. The van der Waals surface area contributed by atoms with E-state index in [1.165, 1.54) is 0 Å². The zero-order valence-corrected chi connectivity index (χ0v) is 23.2. The van der Waals surface area contributed by atoms with Crippen LogP contribution >= 0.6 is 11.8 Å². The molecule has 2 aliphatic heterocycles. The number of hydrogen-bond acceptors (Lipinski definition) is 8. The maximum Gasteiger partial charge on any atom is 0.161 e. The number of ether oxygens (including phenoxy) is 4. The number of rotatable bonds is 11. The highest BCUT2D eigenvalue weighted by Gasteiger charge is 2.53. The molecule has 3 aromatic rings. The molecule has 8 heteroatoms. The van der Waals surface area contributed by atoms with Crippen molar-refractivity contribution >= 4 is 16.9 Å². The molecule has 0 aromatic heterocycles. The molecule has 39 heavy (non-hydrogen) atoms. The summed E-state index contributed by atoms with van der Waals surface area (Å²) in [4.78, 5) is 6.98. The van der Waals surface area contributed by atoms with Crippen LogP contribution in [0.5, 0.6) is 0 Å². The quantitative estimate of drug-likeness (QED) is 0.379. The monoisotopic (exact) mass is 548 g/mol. The summed E-state index contributed by atoms with van der Waals surface area (Å²) in [5.41, 5.74) is 2.86. The highest BCUT2D eigenvalue weighted by molar-refractivity contribution is 8.14. The Balaban J connectivity index is 1.43. The topological polar surface area (TPSA) is 72.8 Å². The fourth-order valence-corrected chi connectivity index (χ4v) is 5.95. The Bertz CT molecular complexity index is 1180. The van der Waals surface area contributed by atoms with E-state index in [2.05, 4.69) is 0 Å². The summed E-state index contributed by atoms with van der Waals surface area (Å²) >= 11 is 1.57. The van der Waals surface area contributed by atoms with Crippen molar-refractivity contribution < 1.29 is 24.1 Å². The first-order chi connectivity index (χ1) is 19.1. The van der Waals surface area contributed by atoms with Crippen molar-refractivity contribution in [3.63, 3.8) is 0 Å². The third-order valence-electron chi connectivity index (χ3n) is 6.84. The highest BCUT2D eigenvalue weighted by Crippen LogP contribution is 2.41. The molecule has 0 amide bonds. The second kappa shape index (κ2) is 13.6. The molecular formula is C31H36N2O5S. The molecule has 1 N–H and O–H groups in total. The molecule has 1 fully saturated rings. The molecule has 1 saturated heterocycles. The lowest BCUT2D eigenvalue weighted by Crippen LogP contribution is -2.61. The zero-order valence-electron chi connectivity index (χ0n) is 22.3. The summed E-state index contributed by atoms with van der Waals surface area (Å²) in [6.07, 6.45) is -2.10. The smallest absolute Gasteiger partial charge is 0.161 e. The number of thioether (sulfide) groups is 1. The number of fused-ring (bicyclic) bond motifs is 1. The van der Waals surface area contributed by atoms with Gasteiger partial charge in [0.05, 0.1) is 26.4 Å². The molecule has 7 nitrogen and oxygen atoms in total. The van der Waals surface area contributed by atoms with Crippen LogP contribution in [0, 0.1) is 0 Å². The summed E-state index contributed by atoms with van der Waals surface area (Å²) < 4.78 is 26.1. The fourth-order valence-electron chi connectivity index (χ4n) is 4.81. The first-order valence-electron chi connectivity index (χ1n) is 13.3. The standard InChI is InChI=1S/C31H36N2O5S/c1-33(2)31-32-26-28(36-20-23-14-8-4-9-15-23)29(37-21-24-16-10-5-11-17-24)27(38-30(26)39-31)25(18-34)35-19-22-12-6-3-7-13-22/h3-17,25-30,34H,18-21H2,1-2H3/t25-,26+,27+,28+,29+,30+/m0/s1. The van der Waals surface area contributed by atoms with Crippen LogP contribution in [0.25, 0.3) is 0 Å². The largest absolute Gasteiger partial charge is 0.394 e. The number of aliphatic imine (C=N–C) groups is 1. The van der Waals surface area contributed by atoms with Gasteiger partial charge in [-0.25, -0.2) is 0 Å². The van der Waals surface area contributed by atoms with E-state index in [1.54, 1.807) is 11.8 Å². The minimum Gasteiger partial charge on any atom is -0.394 e. The maximum absolute atomic E-state index is 10.5. The highest BCUT2D eigenvalue weighted by atomic mass is 32.2. The molecule has 206 valence electrons. The van der Waals surface area contributed by atoms with Gasteiger partial charge in [-0.15, -0.1) is 0 Å². The van der Waals surface area contributed by atoms with Crippen molar-refractivity contribution in [1.82, 2.24) is 4.90 Å². The Morgan fingerprint density at radius 1 is 0.795 bits per heavy atom. The first kappa shape index (κ1) is 27.8. The van der Waals surface area contributed by atoms with Crippen LogP contribution in [0.3, 0.4) is 0 Å². The SMILES string of the molecule is CN(C)C1=N[C@@H]2[C@@H](OCc3ccccc3)[C@H](OCc3ccccc3)[C@@H]([C@H](CO)OCc3ccccc3)O[C@@H]2S1. The van der Waals surface area contributed by atoms with Crippen LogP contribution in [0.15, 0.2) is 96.0 Å². The second-order valence-corrected chi connectivity index (χ2v) is 11.0. The fraction of sp³-hybridized carbons (Fsp3) is 0.387. The maximum atomic E-state index is 10.5. The van der Waals surface area contributed by atoms with Gasteiger partial charge in [-0.1, -0.05) is 103 Å². The lowest BCUT2D eigenvalue weighted by atomic mass is 9.94. The van der Waals surface area contributed by atoms with Gasteiger partial charge in [0.15, 0.2) is 5.17 Å². The van der Waals surface area contributed by atoms with E-state index in [9.17, 15) is 5.11 Å². The average molecular weight is 549 g/mol. The molecule has 0 radical (unpaired) electrons. The van der Waals surface area contributed by atoms with E-state index in [1.807, 2.05) is 110 Å². The van der Waals surface area contributed by atoms with Gasteiger partial charge in [0.1, 0.15) is 35.9 Å². The van der Waals surface area contributed by atoms with E-state index in [0.717, 1.165) is 21.9 Å². The van der Waals surface area contributed by atoms with Crippen LogP contribution in [0.2, 0.25) is 0 Å². The average Bonchev–Trinajstić information content (AvgIpc) is 3.41. The van der Waals surface area contributed by atoms with E-state index < -0.39 is 24.4 Å². The van der Waals surface area contributed by atoms with E-state index >= 15 is 0 Å². The molecule has 0 bridgehead atoms. The van der Waals surface area contributed by atoms with Crippen LogP contribution < -0.4 is 0 Å². The van der Waals surface area contributed by atoms with Gasteiger partial charge in [0.25, 0.3) is 0 Å². The third-order valence-corrected chi connectivity index (χ3v) is 8.15. The predicted octanol–water partition coefficient (Wildman–Crippen LogP) is 4.49. The molecule has 5 rings (SSSR count). The number of aliphatic hydroxyl groups excluding tert-OH is 1. The second-order valence-electron chi connectivity index (χ2n) is 9.92. The van der Waals surface area contributed by atoms with Gasteiger partial charge in [-0.3, -0.25) is 4.99 Å². The Kier molecular flexibility index (Phi) is 9.68. The minimum absolute atomic E-state index is 0.211. The lowest BCUT2D eigenvalue weighted by molar-refractivity contribution is -0.232. The van der Waals surface area contributed by atoms with Crippen LogP contribution in [-0.2, 0) is 38.8 Å². The Hall–Kier alpha value is -2.72. The van der Waals surface area contributed by atoms with E-state index in [-0.39, 0.29) is 18.1 Å². The van der Waals surface area contributed by atoms with Gasteiger partial charge in [-0.05, 0) is 16.7 Å². The minimum atomic E-state index is -0.612. The summed E-state index contributed by atoms with van der Waals surface area (Å²) in [5, 5.41) is 11.4. The first-order valence-corrected chi connectivity index (χ1v) is 14.1. The summed E-state index contributed by atoms with van der Waals surface area (Å²) in [6.45, 7) is 0.937. The molecule has 2 heterocycles. The molecule has 3 aromatic carbocycles. The van der Waals surface area contributed by atoms with E-state index in [0.29, 0.717) is 19.8 Å². The summed E-state index contributed by atoms with van der Waals surface area (Å²) in [7, 11) is 3.95. The van der Waals surface area contributed by atoms with Gasteiger partial charge in [0, 0.05) is 14.1 Å². The van der Waals surface area contributed by atoms with Crippen molar-refractivity contribution in [2.24, 2.45) is 4.99 Å². The summed E-state index contributed by atoms with van der Waals surface area (Å²) in [6, 6.07) is 29.8. The Labute approximate surface area is 234 Å². The van der Waals surface area contributed by atoms with Gasteiger partial charge >= 0.3 is 0 Å². The molecular weight excluding hydrogens is 512 g/mol. The number of aliphatic hydroxyl groups is 1.